The average Bonchev–Trinajstić information content (AvgIpc) is 2.87. The van der Waals surface area contributed by atoms with Gasteiger partial charge >= 0.3 is 0 Å². The maximum absolute atomic E-state index is 12.1. The Balaban J connectivity index is 1.75. The van der Waals surface area contributed by atoms with Crippen LogP contribution in [0.25, 0.3) is 0 Å². The zero-order valence-corrected chi connectivity index (χ0v) is 12.8. The molecular weight excluding hydrogens is 254 g/mol. The van der Waals surface area contributed by atoms with E-state index < -0.39 is 0 Å². The molecule has 3 atom stereocenters. The summed E-state index contributed by atoms with van der Waals surface area (Å²) in [6.07, 6.45) is 2.65. The molecule has 0 bridgehead atoms. The first kappa shape index (κ1) is 15.3. The summed E-state index contributed by atoms with van der Waals surface area (Å²) in [6, 6.07) is 0.244. The van der Waals surface area contributed by atoms with Gasteiger partial charge in [-0.2, -0.15) is 0 Å². The smallest absolute Gasteiger partial charge is 0.241 e. The van der Waals surface area contributed by atoms with Crippen LogP contribution in [0.4, 0.5) is 0 Å². The first-order valence-corrected chi connectivity index (χ1v) is 7.56. The van der Waals surface area contributed by atoms with Gasteiger partial charge in [-0.3, -0.25) is 9.59 Å². The Morgan fingerprint density at radius 3 is 2.55 bits per heavy atom. The fourth-order valence-electron chi connectivity index (χ4n) is 3.34. The molecule has 1 aliphatic heterocycles. The van der Waals surface area contributed by atoms with Crippen molar-refractivity contribution in [2.75, 3.05) is 19.6 Å². The van der Waals surface area contributed by atoms with E-state index in [4.69, 9.17) is 5.73 Å². The van der Waals surface area contributed by atoms with Gasteiger partial charge in [0.2, 0.25) is 11.8 Å². The van der Waals surface area contributed by atoms with Crippen molar-refractivity contribution >= 4 is 11.8 Å². The first-order chi connectivity index (χ1) is 9.26. The maximum atomic E-state index is 12.1. The molecular formula is C15H27N3O2. The Kier molecular flexibility index (Phi) is 4.37. The number of likely N-dealkylation sites (tertiary alicyclic amines) is 1. The van der Waals surface area contributed by atoms with Crippen molar-refractivity contribution in [3.05, 3.63) is 0 Å². The van der Waals surface area contributed by atoms with Crippen LogP contribution in [-0.4, -0.2) is 42.4 Å². The molecule has 1 saturated heterocycles. The van der Waals surface area contributed by atoms with E-state index in [0.717, 1.165) is 25.9 Å². The highest BCUT2D eigenvalue weighted by Crippen LogP contribution is 2.36. The normalized spacial score (nSPS) is 29.4. The van der Waals surface area contributed by atoms with Crippen LogP contribution in [0, 0.1) is 17.3 Å². The number of nitrogens with zero attached hydrogens (tertiary/aromatic N) is 1. The molecule has 2 amide bonds. The molecule has 2 rings (SSSR count). The average molecular weight is 281 g/mol. The van der Waals surface area contributed by atoms with Gasteiger partial charge in [-0.05, 0) is 30.1 Å². The summed E-state index contributed by atoms with van der Waals surface area (Å²) in [6.45, 7) is 7.72. The molecule has 114 valence electrons. The second-order valence-corrected chi connectivity index (χ2v) is 7.48. The molecule has 0 aromatic carbocycles. The molecule has 0 aromatic heterocycles. The van der Waals surface area contributed by atoms with E-state index in [1.807, 2.05) is 25.7 Å². The summed E-state index contributed by atoms with van der Waals surface area (Å²) in [5.41, 5.74) is 6.02. The third-order valence-corrected chi connectivity index (χ3v) is 4.39. The van der Waals surface area contributed by atoms with Crippen LogP contribution in [0.3, 0.4) is 0 Å². The fraction of sp³-hybridized carbons (Fsp3) is 0.867. The van der Waals surface area contributed by atoms with Crippen LogP contribution < -0.4 is 11.1 Å². The first-order valence-electron chi connectivity index (χ1n) is 7.56. The van der Waals surface area contributed by atoms with E-state index in [-0.39, 0.29) is 29.8 Å². The number of fused-ring (bicyclic) bond motifs is 1. The lowest BCUT2D eigenvalue weighted by Gasteiger charge is -2.20. The summed E-state index contributed by atoms with van der Waals surface area (Å²) < 4.78 is 0. The van der Waals surface area contributed by atoms with Crippen molar-refractivity contribution in [1.82, 2.24) is 10.2 Å². The topological polar surface area (TPSA) is 75.4 Å². The summed E-state index contributed by atoms with van der Waals surface area (Å²) in [7, 11) is 0. The van der Waals surface area contributed by atoms with E-state index in [0.29, 0.717) is 18.3 Å². The van der Waals surface area contributed by atoms with Crippen molar-refractivity contribution in [1.29, 1.82) is 0 Å². The maximum Gasteiger partial charge on any atom is 0.241 e. The third-order valence-electron chi connectivity index (χ3n) is 4.39. The summed E-state index contributed by atoms with van der Waals surface area (Å²) in [5.74, 6) is 0.999. The number of hydrogen-bond donors (Lipinski definition) is 2. The van der Waals surface area contributed by atoms with Crippen molar-refractivity contribution in [3.63, 3.8) is 0 Å². The number of amides is 2. The molecule has 3 N–H and O–H groups in total. The van der Waals surface area contributed by atoms with Crippen LogP contribution in [0.2, 0.25) is 0 Å². The van der Waals surface area contributed by atoms with E-state index in [2.05, 4.69) is 5.32 Å². The van der Waals surface area contributed by atoms with Gasteiger partial charge in [0.25, 0.3) is 0 Å². The van der Waals surface area contributed by atoms with Gasteiger partial charge in [-0.1, -0.05) is 20.8 Å². The molecule has 5 nitrogen and oxygen atoms in total. The van der Waals surface area contributed by atoms with E-state index >= 15 is 0 Å². The minimum atomic E-state index is -0.0538. The Morgan fingerprint density at radius 2 is 1.95 bits per heavy atom. The monoisotopic (exact) mass is 281 g/mol. The van der Waals surface area contributed by atoms with Gasteiger partial charge in [-0.15, -0.1) is 0 Å². The second kappa shape index (κ2) is 5.72. The Bertz CT molecular complexity index is 389. The van der Waals surface area contributed by atoms with Crippen molar-refractivity contribution in [2.45, 2.75) is 46.1 Å². The molecule has 1 saturated carbocycles. The van der Waals surface area contributed by atoms with Gasteiger partial charge in [-0.25, -0.2) is 0 Å². The zero-order chi connectivity index (χ0) is 14.9. The minimum Gasteiger partial charge on any atom is -0.347 e. The highest BCUT2D eigenvalue weighted by Gasteiger charge is 2.42. The van der Waals surface area contributed by atoms with E-state index in [9.17, 15) is 9.59 Å². The van der Waals surface area contributed by atoms with E-state index in [1.165, 1.54) is 0 Å². The number of carbonyl (C=O) groups is 2. The fourth-order valence-corrected chi connectivity index (χ4v) is 3.34. The number of hydrogen-bond acceptors (Lipinski definition) is 3. The Labute approximate surface area is 121 Å². The molecule has 2 fully saturated rings. The Hall–Kier alpha value is -1.10. The predicted molar refractivity (Wildman–Crippen MR) is 77.9 cm³/mol. The molecule has 2 aliphatic rings. The van der Waals surface area contributed by atoms with Crippen molar-refractivity contribution in [2.24, 2.45) is 23.0 Å². The van der Waals surface area contributed by atoms with E-state index in [1.54, 1.807) is 0 Å². The molecule has 3 unspecified atom stereocenters. The Morgan fingerprint density at radius 1 is 1.25 bits per heavy atom. The SMILES string of the molecule is CC(C)(C)CC(=O)NCC(=O)N1CC2CCC(N)C2C1. The van der Waals surface area contributed by atoms with Gasteiger partial charge in [0.15, 0.2) is 0 Å². The van der Waals surface area contributed by atoms with Gasteiger partial charge in [0.05, 0.1) is 6.54 Å². The molecule has 1 heterocycles. The van der Waals surface area contributed by atoms with Crippen LogP contribution in [0.15, 0.2) is 0 Å². The number of nitrogens with two attached hydrogens (primary N) is 1. The number of carbonyl (C=O) groups excluding carboxylic acids is 2. The molecule has 0 radical (unpaired) electrons. The molecule has 20 heavy (non-hydrogen) atoms. The lowest BCUT2D eigenvalue weighted by Crippen LogP contribution is -2.41. The van der Waals surface area contributed by atoms with Crippen LogP contribution >= 0.6 is 0 Å². The largest absolute Gasteiger partial charge is 0.347 e. The summed E-state index contributed by atoms with van der Waals surface area (Å²) in [5, 5.41) is 2.73. The molecule has 5 heteroatoms. The van der Waals surface area contributed by atoms with Crippen LogP contribution in [0.1, 0.15) is 40.0 Å². The zero-order valence-electron chi connectivity index (χ0n) is 12.8. The quantitative estimate of drug-likeness (QED) is 0.801. The molecule has 1 aliphatic carbocycles. The lowest BCUT2D eigenvalue weighted by molar-refractivity contribution is -0.132. The number of rotatable bonds is 3. The predicted octanol–water partition coefficient (Wildman–Crippen LogP) is 0.735. The highest BCUT2D eigenvalue weighted by atomic mass is 16.2. The summed E-state index contributed by atoms with van der Waals surface area (Å²) >= 11 is 0. The summed E-state index contributed by atoms with van der Waals surface area (Å²) in [4.78, 5) is 25.7. The highest BCUT2D eigenvalue weighted by molar-refractivity contribution is 5.85. The third kappa shape index (κ3) is 3.72. The van der Waals surface area contributed by atoms with Gasteiger partial charge in [0.1, 0.15) is 0 Å². The van der Waals surface area contributed by atoms with Gasteiger partial charge in [0, 0.05) is 25.6 Å². The van der Waals surface area contributed by atoms with Gasteiger partial charge < -0.3 is 16.0 Å². The van der Waals surface area contributed by atoms with Crippen LogP contribution in [-0.2, 0) is 9.59 Å². The lowest BCUT2D eigenvalue weighted by atomic mass is 9.92. The molecule has 0 spiro atoms. The molecule has 0 aromatic rings. The minimum absolute atomic E-state index is 0.0221. The standard InChI is InChI=1S/C15H27N3O2/c1-15(2,3)6-13(19)17-7-14(20)18-8-10-4-5-12(16)11(10)9-18/h10-12H,4-9,16H2,1-3H3,(H,17,19). The van der Waals surface area contributed by atoms with Crippen molar-refractivity contribution in [3.8, 4) is 0 Å². The van der Waals surface area contributed by atoms with Crippen molar-refractivity contribution < 1.29 is 9.59 Å². The second-order valence-electron chi connectivity index (χ2n) is 7.48. The number of nitrogens with one attached hydrogen (secondary N) is 1. The van der Waals surface area contributed by atoms with Crippen LogP contribution in [0.5, 0.6) is 0 Å².